The number of nitrogens with zero attached hydrogens (tertiary/aromatic N) is 3. The molecular formula is C12H11N3O2. The Hall–Kier alpha value is -2.43. The Morgan fingerprint density at radius 1 is 1.41 bits per heavy atom. The first-order valence-electron chi connectivity index (χ1n) is 5.04. The molecule has 5 nitrogen and oxygen atoms in total. The van der Waals surface area contributed by atoms with Crippen LogP contribution in [0.25, 0.3) is 6.08 Å². The van der Waals surface area contributed by atoms with Gasteiger partial charge in [0.15, 0.2) is 5.69 Å². The molecule has 1 N–H and O–H groups in total. The van der Waals surface area contributed by atoms with E-state index in [0.717, 1.165) is 11.1 Å². The molecule has 0 aliphatic rings. The van der Waals surface area contributed by atoms with E-state index in [2.05, 4.69) is 16.9 Å². The summed E-state index contributed by atoms with van der Waals surface area (Å²) in [5.41, 5.74) is 2.02. The summed E-state index contributed by atoms with van der Waals surface area (Å²) in [7, 11) is 0. The van der Waals surface area contributed by atoms with Crippen LogP contribution in [0.3, 0.4) is 0 Å². The lowest BCUT2D eigenvalue weighted by molar-refractivity contribution is 0.0690. The monoisotopic (exact) mass is 229 g/mol. The van der Waals surface area contributed by atoms with Crippen molar-refractivity contribution in [1.82, 2.24) is 15.0 Å². The molecule has 2 aromatic rings. The molecule has 5 heteroatoms. The summed E-state index contributed by atoms with van der Waals surface area (Å²) in [6.07, 6.45) is 3.17. The molecule has 0 amide bonds. The van der Waals surface area contributed by atoms with Gasteiger partial charge in [0.1, 0.15) is 0 Å². The Kier molecular flexibility index (Phi) is 3.00. The van der Waals surface area contributed by atoms with Gasteiger partial charge in [-0.05, 0) is 11.1 Å². The van der Waals surface area contributed by atoms with Crippen LogP contribution < -0.4 is 0 Å². The highest BCUT2D eigenvalue weighted by Crippen LogP contribution is 2.07. The first-order chi connectivity index (χ1) is 8.19. The molecule has 0 saturated carbocycles. The van der Waals surface area contributed by atoms with Gasteiger partial charge in [0.25, 0.3) is 0 Å². The second-order valence-corrected chi connectivity index (χ2v) is 3.55. The molecule has 0 aliphatic carbocycles. The quantitative estimate of drug-likeness (QED) is 0.865. The third-order valence-electron chi connectivity index (χ3n) is 2.32. The van der Waals surface area contributed by atoms with Crippen LogP contribution in [-0.4, -0.2) is 26.1 Å². The maximum absolute atomic E-state index is 10.6. The predicted molar refractivity (Wildman–Crippen MR) is 62.6 cm³/mol. The van der Waals surface area contributed by atoms with Gasteiger partial charge in [0, 0.05) is 0 Å². The van der Waals surface area contributed by atoms with Crippen LogP contribution >= 0.6 is 0 Å². The Balaban J connectivity index is 2.13. The second kappa shape index (κ2) is 4.61. The number of benzene rings is 1. The number of hydrogen-bond acceptors (Lipinski definition) is 3. The molecule has 1 aromatic heterocycles. The molecule has 0 saturated heterocycles. The average molecular weight is 229 g/mol. The molecule has 17 heavy (non-hydrogen) atoms. The van der Waals surface area contributed by atoms with Crippen molar-refractivity contribution in [2.24, 2.45) is 0 Å². The zero-order valence-electron chi connectivity index (χ0n) is 9.08. The topological polar surface area (TPSA) is 68.0 Å². The van der Waals surface area contributed by atoms with E-state index in [4.69, 9.17) is 5.11 Å². The van der Waals surface area contributed by atoms with Crippen LogP contribution in [0.1, 0.15) is 21.6 Å². The van der Waals surface area contributed by atoms with E-state index in [-0.39, 0.29) is 5.69 Å². The lowest BCUT2D eigenvalue weighted by Crippen LogP contribution is -2.00. The fourth-order valence-electron chi connectivity index (χ4n) is 1.42. The van der Waals surface area contributed by atoms with Crippen LogP contribution in [0, 0.1) is 0 Å². The lowest BCUT2D eigenvalue weighted by Gasteiger charge is -2.01. The Bertz CT molecular complexity index is 543. The maximum Gasteiger partial charge on any atom is 0.358 e. The van der Waals surface area contributed by atoms with E-state index in [1.807, 2.05) is 24.3 Å². The first kappa shape index (κ1) is 11.1. The van der Waals surface area contributed by atoms with Gasteiger partial charge >= 0.3 is 5.97 Å². The third-order valence-corrected chi connectivity index (χ3v) is 2.32. The second-order valence-electron chi connectivity index (χ2n) is 3.55. The minimum atomic E-state index is -1.07. The number of carbonyl (C=O) groups is 1. The highest BCUT2D eigenvalue weighted by atomic mass is 16.4. The number of rotatable bonds is 4. The Morgan fingerprint density at radius 2 is 2.12 bits per heavy atom. The van der Waals surface area contributed by atoms with Crippen molar-refractivity contribution in [3.63, 3.8) is 0 Å². The molecule has 0 fully saturated rings. The van der Waals surface area contributed by atoms with E-state index in [9.17, 15) is 4.79 Å². The Morgan fingerprint density at radius 3 is 2.65 bits per heavy atom. The van der Waals surface area contributed by atoms with Crippen molar-refractivity contribution in [2.45, 2.75) is 6.54 Å². The number of carboxylic acid groups (broad SMARTS) is 1. The van der Waals surface area contributed by atoms with Gasteiger partial charge in [-0.25, -0.2) is 9.48 Å². The molecule has 86 valence electrons. The normalized spacial score (nSPS) is 10.1. The predicted octanol–water partition coefficient (Wildman–Crippen LogP) is 1.67. The van der Waals surface area contributed by atoms with E-state index in [1.165, 1.54) is 10.9 Å². The number of aromatic nitrogens is 3. The number of aromatic carboxylic acids is 1. The summed E-state index contributed by atoms with van der Waals surface area (Å²) < 4.78 is 1.49. The molecule has 2 rings (SSSR count). The standard InChI is InChI=1S/C12H11N3O2/c1-2-9-3-5-10(6-4-9)7-15-8-11(12(16)17)13-14-15/h2-6,8H,1,7H2,(H,16,17). The molecule has 1 heterocycles. The van der Waals surface area contributed by atoms with E-state index >= 15 is 0 Å². The van der Waals surface area contributed by atoms with Crippen LogP contribution in [0.5, 0.6) is 0 Å². The summed E-state index contributed by atoms with van der Waals surface area (Å²) in [4.78, 5) is 10.6. The van der Waals surface area contributed by atoms with Crippen molar-refractivity contribution >= 4 is 12.0 Å². The minimum absolute atomic E-state index is 0.0484. The highest BCUT2D eigenvalue weighted by molar-refractivity contribution is 5.84. The van der Waals surface area contributed by atoms with E-state index in [1.54, 1.807) is 6.08 Å². The van der Waals surface area contributed by atoms with Gasteiger partial charge in [-0.3, -0.25) is 0 Å². The first-order valence-corrected chi connectivity index (χ1v) is 5.04. The number of carboxylic acids is 1. The van der Waals surface area contributed by atoms with Gasteiger partial charge < -0.3 is 5.11 Å². The van der Waals surface area contributed by atoms with Gasteiger partial charge in [-0.2, -0.15) is 0 Å². The molecule has 0 spiro atoms. The molecule has 0 aliphatic heterocycles. The Labute approximate surface area is 98.0 Å². The van der Waals surface area contributed by atoms with Gasteiger partial charge in [-0.15, -0.1) is 5.10 Å². The SMILES string of the molecule is C=Cc1ccc(Cn2cc(C(=O)O)nn2)cc1. The van der Waals surface area contributed by atoms with Crippen molar-refractivity contribution in [3.05, 3.63) is 53.9 Å². The maximum atomic E-state index is 10.6. The average Bonchev–Trinajstić information content (AvgIpc) is 2.79. The smallest absolute Gasteiger partial charge is 0.358 e. The third kappa shape index (κ3) is 2.57. The zero-order chi connectivity index (χ0) is 12.3. The van der Waals surface area contributed by atoms with Crippen molar-refractivity contribution in [1.29, 1.82) is 0 Å². The van der Waals surface area contributed by atoms with E-state index < -0.39 is 5.97 Å². The molecular weight excluding hydrogens is 218 g/mol. The summed E-state index contributed by atoms with van der Waals surface area (Å²) >= 11 is 0. The number of hydrogen-bond donors (Lipinski definition) is 1. The van der Waals surface area contributed by atoms with Crippen LogP contribution in [-0.2, 0) is 6.54 Å². The minimum Gasteiger partial charge on any atom is -0.476 e. The van der Waals surface area contributed by atoms with Crippen molar-refractivity contribution in [2.75, 3.05) is 0 Å². The van der Waals surface area contributed by atoms with Gasteiger partial charge in [0.2, 0.25) is 0 Å². The zero-order valence-corrected chi connectivity index (χ0v) is 9.08. The fourth-order valence-corrected chi connectivity index (χ4v) is 1.42. The summed E-state index contributed by atoms with van der Waals surface area (Å²) in [6, 6.07) is 7.77. The summed E-state index contributed by atoms with van der Waals surface area (Å²) in [6.45, 7) is 4.17. The highest BCUT2D eigenvalue weighted by Gasteiger charge is 2.07. The van der Waals surface area contributed by atoms with Crippen LogP contribution in [0.4, 0.5) is 0 Å². The van der Waals surface area contributed by atoms with E-state index in [0.29, 0.717) is 6.54 Å². The summed E-state index contributed by atoms with van der Waals surface area (Å²) in [5.74, 6) is -1.07. The molecule has 0 atom stereocenters. The van der Waals surface area contributed by atoms with Crippen LogP contribution in [0.15, 0.2) is 37.0 Å². The van der Waals surface area contributed by atoms with Crippen LogP contribution in [0.2, 0.25) is 0 Å². The molecule has 0 radical (unpaired) electrons. The van der Waals surface area contributed by atoms with Crippen molar-refractivity contribution in [3.8, 4) is 0 Å². The molecule has 0 unspecified atom stereocenters. The molecule has 0 bridgehead atoms. The van der Waals surface area contributed by atoms with Gasteiger partial charge in [-0.1, -0.05) is 42.1 Å². The summed E-state index contributed by atoms with van der Waals surface area (Å²) in [5, 5.41) is 16.0. The van der Waals surface area contributed by atoms with Crippen molar-refractivity contribution < 1.29 is 9.90 Å². The fraction of sp³-hybridized carbons (Fsp3) is 0.0833. The largest absolute Gasteiger partial charge is 0.476 e. The molecule has 1 aromatic carbocycles. The van der Waals surface area contributed by atoms with Gasteiger partial charge in [0.05, 0.1) is 12.7 Å². The lowest BCUT2D eigenvalue weighted by atomic mass is 10.1.